The Bertz CT molecular complexity index is 138. The number of aliphatic hydroxyl groups excluding tert-OH is 2. The van der Waals surface area contributed by atoms with Crippen LogP contribution in [0.4, 0.5) is 0 Å². The van der Waals surface area contributed by atoms with Gasteiger partial charge in [-0.25, -0.2) is 0 Å². The number of likely N-dealkylation sites (tertiary alicyclic amines) is 1. The van der Waals surface area contributed by atoms with Crippen molar-refractivity contribution in [3.63, 3.8) is 0 Å². The summed E-state index contributed by atoms with van der Waals surface area (Å²) in [7, 11) is 0. The molecule has 2 unspecified atom stereocenters. The maximum absolute atomic E-state index is 10.6. The van der Waals surface area contributed by atoms with E-state index in [1.54, 1.807) is 0 Å². The fraction of sp³-hybridized carbons (Fsp3) is 0.833. The molecule has 1 heterocycles. The van der Waals surface area contributed by atoms with Crippen LogP contribution in [0.1, 0.15) is 6.92 Å². The van der Waals surface area contributed by atoms with Crippen molar-refractivity contribution in [1.29, 1.82) is 0 Å². The molecule has 0 saturated carbocycles. The molecule has 1 saturated heterocycles. The normalized spacial score (nSPS) is 32.9. The molecule has 0 aliphatic carbocycles. The third-order valence-corrected chi connectivity index (χ3v) is 1.70. The highest BCUT2D eigenvalue weighted by Crippen LogP contribution is 2.08. The van der Waals surface area contributed by atoms with Crippen LogP contribution in [0.2, 0.25) is 0 Å². The van der Waals surface area contributed by atoms with Crippen molar-refractivity contribution in [2.45, 2.75) is 19.1 Å². The highest BCUT2D eigenvalue weighted by molar-refractivity contribution is 5.73. The molecular weight excluding hydrogens is 134 g/mol. The summed E-state index contributed by atoms with van der Waals surface area (Å²) in [5.74, 6) is -0.101. The lowest BCUT2D eigenvalue weighted by Crippen LogP contribution is -2.26. The largest absolute Gasteiger partial charge is 0.388 e. The van der Waals surface area contributed by atoms with Crippen LogP contribution < -0.4 is 0 Å². The van der Waals surface area contributed by atoms with Crippen LogP contribution in [-0.4, -0.2) is 46.3 Å². The predicted molar refractivity (Wildman–Crippen MR) is 34.3 cm³/mol. The fourth-order valence-corrected chi connectivity index (χ4v) is 1.03. The smallest absolute Gasteiger partial charge is 0.219 e. The van der Waals surface area contributed by atoms with Crippen LogP contribution >= 0.6 is 0 Å². The summed E-state index contributed by atoms with van der Waals surface area (Å²) in [5, 5.41) is 17.9. The van der Waals surface area contributed by atoms with Gasteiger partial charge in [-0.1, -0.05) is 0 Å². The van der Waals surface area contributed by atoms with Gasteiger partial charge in [0.2, 0.25) is 5.91 Å². The number of hydrogen-bond acceptors (Lipinski definition) is 3. The maximum atomic E-state index is 10.6. The van der Waals surface area contributed by atoms with Crippen LogP contribution in [0.5, 0.6) is 0 Å². The quantitative estimate of drug-likeness (QED) is 0.439. The van der Waals surface area contributed by atoms with E-state index in [2.05, 4.69) is 0 Å². The van der Waals surface area contributed by atoms with Gasteiger partial charge in [0.05, 0.1) is 12.2 Å². The van der Waals surface area contributed by atoms with Crippen molar-refractivity contribution in [3.8, 4) is 0 Å². The van der Waals surface area contributed by atoms with Crippen LogP contribution in [0, 0.1) is 0 Å². The summed E-state index contributed by atoms with van der Waals surface area (Å²) in [4.78, 5) is 12.1. The molecule has 1 rings (SSSR count). The highest BCUT2D eigenvalue weighted by Gasteiger charge is 2.30. The average Bonchev–Trinajstić information content (AvgIpc) is 2.13. The van der Waals surface area contributed by atoms with Crippen molar-refractivity contribution < 1.29 is 15.0 Å². The van der Waals surface area contributed by atoms with Gasteiger partial charge in [0.1, 0.15) is 0 Å². The van der Waals surface area contributed by atoms with E-state index in [1.165, 1.54) is 11.8 Å². The van der Waals surface area contributed by atoms with E-state index in [1.807, 2.05) is 0 Å². The van der Waals surface area contributed by atoms with Gasteiger partial charge in [0.25, 0.3) is 0 Å². The number of aliphatic hydroxyl groups is 2. The number of rotatable bonds is 0. The molecule has 0 bridgehead atoms. The number of amides is 1. The number of carbonyl (C=O) groups is 1. The lowest BCUT2D eigenvalue weighted by atomic mass is 10.3. The van der Waals surface area contributed by atoms with E-state index in [0.717, 1.165) is 0 Å². The van der Waals surface area contributed by atoms with Gasteiger partial charge >= 0.3 is 0 Å². The first-order chi connectivity index (χ1) is 4.61. The van der Waals surface area contributed by atoms with Gasteiger partial charge < -0.3 is 15.1 Å². The second kappa shape index (κ2) is 2.56. The van der Waals surface area contributed by atoms with Crippen molar-refractivity contribution in [1.82, 2.24) is 4.90 Å². The van der Waals surface area contributed by atoms with Gasteiger partial charge in [0, 0.05) is 20.0 Å². The van der Waals surface area contributed by atoms with Crippen LogP contribution in [0.25, 0.3) is 0 Å². The second-order valence-corrected chi connectivity index (χ2v) is 2.56. The van der Waals surface area contributed by atoms with Gasteiger partial charge in [-0.3, -0.25) is 4.79 Å². The molecule has 0 aromatic carbocycles. The molecule has 0 spiro atoms. The zero-order chi connectivity index (χ0) is 7.72. The molecule has 4 heteroatoms. The van der Waals surface area contributed by atoms with Gasteiger partial charge in [-0.05, 0) is 0 Å². The fourth-order valence-electron chi connectivity index (χ4n) is 1.03. The third-order valence-electron chi connectivity index (χ3n) is 1.70. The summed E-state index contributed by atoms with van der Waals surface area (Å²) in [6.45, 7) is 1.94. The Balaban J connectivity index is 2.49. The minimum Gasteiger partial charge on any atom is -0.388 e. The predicted octanol–water partition coefficient (Wildman–Crippen LogP) is -1.43. The lowest BCUT2D eigenvalue weighted by molar-refractivity contribution is -0.128. The Hall–Kier alpha value is -0.610. The number of nitrogens with zero attached hydrogens (tertiary/aromatic N) is 1. The third kappa shape index (κ3) is 1.27. The summed E-state index contributed by atoms with van der Waals surface area (Å²) in [6.07, 6.45) is -1.52. The van der Waals surface area contributed by atoms with E-state index < -0.39 is 12.2 Å². The Labute approximate surface area is 59.1 Å². The molecule has 1 fully saturated rings. The van der Waals surface area contributed by atoms with E-state index in [4.69, 9.17) is 10.2 Å². The summed E-state index contributed by atoms with van der Waals surface area (Å²) in [6, 6.07) is 0. The minimum atomic E-state index is -0.760. The molecule has 2 atom stereocenters. The van der Waals surface area contributed by atoms with E-state index in [9.17, 15) is 4.79 Å². The molecule has 10 heavy (non-hydrogen) atoms. The first-order valence-corrected chi connectivity index (χ1v) is 3.23. The van der Waals surface area contributed by atoms with Crippen molar-refractivity contribution in [2.75, 3.05) is 13.1 Å². The lowest BCUT2D eigenvalue weighted by Gasteiger charge is -2.10. The second-order valence-electron chi connectivity index (χ2n) is 2.56. The summed E-state index contributed by atoms with van der Waals surface area (Å²) in [5.41, 5.74) is 0. The molecule has 1 aliphatic heterocycles. The Morgan fingerprint density at radius 1 is 1.40 bits per heavy atom. The van der Waals surface area contributed by atoms with E-state index in [0.29, 0.717) is 0 Å². The number of carbonyl (C=O) groups excluding carboxylic acids is 1. The molecule has 58 valence electrons. The first kappa shape index (κ1) is 7.50. The average molecular weight is 145 g/mol. The minimum absolute atomic E-state index is 0.101. The molecule has 4 nitrogen and oxygen atoms in total. The first-order valence-electron chi connectivity index (χ1n) is 3.23. The molecule has 0 aromatic heterocycles. The Morgan fingerprint density at radius 3 is 2.00 bits per heavy atom. The summed E-state index contributed by atoms with van der Waals surface area (Å²) < 4.78 is 0. The van der Waals surface area contributed by atoms with Crippen molar-refractivity contribution in [3.05, 3.63) is 0 Å². The molecule has 2 N–H and O–H groups in total. The Morgan fingerprint density at radius 2 is 1.80 bits per heavy atom. The van der Waals surface area contributed by atoms with Crippen LogP contribution in [0.15, 0.2) is 0 Å². The number of β-amino-alcohol motifs (C(OH)–C–C–N with tert-alkyl or cyclic N) is 2. The van der Waals surface area contributed by atoms with Gasteiger partial charge in [-0.15, -0.1) is 0 Å². The van der Waals surface area contributed by atoms with Crippen molar-refractivity contribution >= 4 is 5.91 Å². The monoisotopic (exact) mass is 145 g/mol. The molecule has 0 radical (unpaired) electrons. The van der Waals surface area contributed by atoms with E-state index >= 15 is 0 Å². The summed E-state index contributed by atoms with van der Waals surface area (Å²) >= 11 is 0. The zero-order valence-electron chi connectivity index (χ0n) is 5.82. The maximum Gasteiger partial charge on any atom is 0.219 e. The Kier molecular flexibility index (Phi) is 1.92. The zero-order valence-corrected chi connectivity index (χ0v) is 5.82. The number of hydrogen-bond donors (Lipinski definition) is 2. The molecule has 1 amide bonds. The molecule has 0 aromatic rings. The standard InChI is InChI=1S/C6H11NO3/c1-4(8)7-2-5(9)6(10)3-7/h5-6,9-10H,2-3H2,1H3. The SMILES string of the molecule is CC(=O)N1CC(O)C(O)C1. The van der Waals surface area contributed by atoms with Crippen molar-refractivity contribution in [2.24, 2.45) is 0 Å². The van der Waals surface area contributed by atoms with E-state index in [-0.39, 0.29) is 19.0 Å². The van der Waals surface area contributed by atoms with Crippen LogP contribution in [-0.2, 0) is 4.79 Å². The van der Waals surface area contributed by atoms with Crippen LogP contribution in [0.3, 0.4) is 0 Å². The molecular formula is C6H11NO3. The topological polar surface area (TPSA) is 60.8 Å². The van der Waals surface area contributed by atoms with Gasteiger partial charge in [-0.2, -0.15) is 0 Å². The van der Waals surface area contributed by atoms with Gasteiger partial charge in [0.15, 0.2) is 0 Å². The molecule has 1 aliphatic rings. The highest BCUT2D eigenvalue weighted by atomic mass is 16.3.